The molecule has 0 aliphatic carbocycles. The van der Waals surface area contributed by atoms with E-state index in [1.165, 1.54) is 11.1 Å². The first-order valence-corrected chi connectivity index (χ1v) is 11.2. The molecule has 0 spiro atoms. The lowest BCUT2D eigenvalue weighted by atomic mass is 9.97. The molecule has 174 valence electrons. The molecular weight excluding hydrogens is 444 g/mol. The van der Waals surface area contributed by atoms with Gasteiger partial charge in [-0.3, -0.25) is 4.79 Å². The quantitative estimate of drug-likeness (QED) is 0.287. The third-order valence-corrected chi connectivity index (χ3v) is 5.94. The summed E-state index contributed by atoms with van der Waals surface area (Å²) in [6, 6.07) is 26.6. The van der Waals surface area contributed by atoms with Crippen molar-refractivity contribution in [3.63, 3.8) is 0 Å². The molecule has 0 saturated carbocycles. The fourth-order valence-corrected chi connectivity index (χ4v) is 4.20. The van der Waals surface area contributed by atoms with Gasteiger partial charge < -0.3 is 14.9 Å². The molecule has 5 rings (SSSR count). The summed E-state index contributed by atoms with van der Waals surface area (Å²) in [5, 5.41) is 19.7. The van der Waals surface area contributed by atoms with Crippen molar-refractivity contribution in [1.29, 1.82) is 0 Å². The van der Waals surface area contributed by atoms with E-state index in [0.29, 0.717) is 12.1 Å². The molecule has 2 heterocycles. The minimum atomic E-state index is -0.620. The monoisotopic (exact) mass is 466 g/mol. The second kappa shape index (κ2) is 9.34. The third-order valence-electron chi connectivity index (χ3n) is 5.94. The highest BCUT2D eigenvalue weighted by Crippen LogP contribution is 2.34. The molecule has 1 aliphatic heterocycles. The zero-order chi connectivity index (χ0) is 24.4. The van der Waals surface area contributed by atoms with Gasteiger partial charge in [0, 0.05) is 13.3 Å². The van der Waals surface area contributed by atoms with Gasteiger partial charge in [0.05, 0.1) is 11.8 Å². The number of aryl methyl sites for hydroxylation is 1. The van der Waals surface area contributed by atoms with Crippen molar-refractivity contribution in [1.82, 2.24) is 9.99 Å². The highest BCUT2D eigenvalue weighted by molar-refractivity contribution is 6.05. The number of nitro groups is 1. The Bertz CT molecular complexity index is 1450. The Morgan fingerprint density at radius 3 is 2.54 bits per heavy atom. The van der Waals surface area contributed by atoms with E-state index in [9.17, 15) is 14.9 Å². The Hall–Kier alpha value is -4.59. The summed E-state index contributed by atoms with van der Waals surface area (Å²) in [5.74, 6) is -0.869. The second-order valence-corrected chi connectivity index (χ2v) is 8.30. The minimum Gasteiger partial charge on any atom is -0.475 e. The van der Waals surface area contributed by atoms with Crippen LogP contribution in [0.15, 0.2) is 90.0 Å². The van der Waals surface area contributed by atoms with Crippen molar-refractivity contribution in [2.24, 2.45) is 5.10 Å². The van der Waals surface area contributed by atoms with E-state index in [1.54, 1.807) is 13.0 Å². The van der Waals surface area contributed by atoms with Gasteiger partial charge in [0.25, 0.3) is 5.91 Å². The van der Waals surface area contributed by atoms with Crippen LogP contribution < -0.4 is 4.74 Å². The van der Waals surface area contributed by atoms with Crippen LogP contribution in [0, 0.1) is 17.0 Å². The number of pyridine rings is 1. The zero-order valence-corrected chi connectivity index (χ0v) is 19.0. The third kappa shape index (κ3) is 4.59. The standard InChI is InChI=1S/C27H22N4O4/c1-18-11-14-25(27(28-18)31(33)34)35-17-26(32)30-24(20-8-3-2-4-9-20)16-23(29-30)22-13-12-19-7-5-6-10-21(19)15-22/h2-15,24H,16-17H2,1H3/t24-/m1/s1. The second-order valence-electron chi connectivity index (χ2n) is 8.30. The maximum atomic E-state index is 13.2. The maximum Gasteiger partial charge on any atom is 0.406 e. The summed E-state index contributed by atoms with van der Waals surface area (Å²) in [4.78, 5) is 27.9. The van der Waals surface area contributed by atoms with Gasteiger partial charge in [0.1, 0.15) is 5.69 Å². The molecule has 0 saturated heterocycles. The Kier molecular flexibility index (Phi) is 5.93. The SMILES string of the molecule is Cc1ccc(OCC(=O)N2N=C(c3ccc4ccccc4c3)C[C@@H]2c2ccccc2)c([N+](=O)[O-])n1. The van der Waals surface area contributed by atoms with Gasteiger partial charge in [-0.15, -0.1) is 0 Å². The molecule has 1 aromatic heterocycles. The van der Waals surface area contributed by atoms with Gasteiger partial charge in [-0.2, -0.15) is 5.10 Å². The van der Waals surface area contributed by atoms with Crippen LogP contribution >= 0.6 is 0 Å². The lowest BCUT2D eigenvalue weighted by Crippen LogP contribution is -2.31. The highest BCUT2D eigenvalue weighted by atomic mass is 16.6. The van der Waals surface area contributed by atoms with E-state index in [4.69, 9.17) is 4.74 Å². The summed E-state index contributed by atoms with van der Waals surface area (Å²) in [5.41, 5.74) is 3.17. The van der Waals surface area contributed by atoms with Crippen LogP contribution in [0.3, 0.4) is 0 Å². The van der Waals surface area contributed by atoms with Gasteiger partial charge in [-0.05, 0) is 50.0 Å². The summed E-state index contributed by atoms with van der Waals surface area (Å²) in [7, 11) is 0. The lowest BCUT2D eigenvalue weighted by Gasteiger charge is -2.22. The minimum absolute atomic E-state index is 0.0526. The lowest BCUT2D eigenvalue weighted by molar-refractivity contribution is -0.390. The predicted octanol–water partition coefficient (Wildman–Crippen LogP) is 5.21. The van der Waals surface area contributed by atoms with Crippen LogP contribution in [0.5, 0.6) is 5.75 Å². The van der Waals surface area contributed by atoms with Crippen molar-refractivity contribution < 1.29 is 14.5 Å². The van der Waals surface area contributed by atoms with Gasteiger partial charge in [-0.25, -0.2) is 5.01 Å². The molecule has 8 nitrogen and oxygen atoms in total. The number of rotatable bonds is 6. The van der Waals surface area contributed by atoms with Gasteiger partial charge in [0.15, 0.2) is 6.61 Å². The van der Waals surface area contributed by atoms with Crippen molar-refractivity contribution in [3.05, 3.63) is 112 Å². The number of ether oxygens (including phenoxy) is 1. The number of hydrazone groups is 1. The summed E-state index contributed by atoms with van der Waals surface area (Å²) < 4.78 is 5.55. The van der Waals surface area contributed by atoms with Crippen molar-refractivity contribution in [2.45, 2.75) is 19.4 Å². The Morgan fingerprint density at radius 2 is 1.77 bits per heavy atom. The largest absolute Gasteiger partial charge is 0.475 e. The van der Waals surface area contributed by atoms with Crippen molar-refractivity contribution in [3.8, 4) is 5.75 Å². The van der Waals surface area contributed by atoms with Crippen LogP contribution in [0.4, 0.5) is 5.82 Å². The van der Waals surface area contributed by atoms with E-state index < -0.39 is 23.3 Å². The number of hydrogen-bond acceptors (Lipinski definition) is 6. The van der Waals surface area contributed by atoms with Crippen LogP contribution in [0.1, 0.15) is 29.3 Å². The van der Waals surface area contributed by atoms with Gasteiger partial charge >= 0.3 is 5.82 Å². The number of fused-ring (bicyclic) bond motifs is 1. The first kappa shape index (κ1) is 22.2. The predicted molar refractivity (Wildman–Crippen MR) is 132 cm³/mol. The first-order valence-electron chi connectivity index (χ1n) is 11.2. The smallest absolute Gasteiger partial charge is 0.406 e. The number of amides is 1. The van der Waals surface area contributed by atoms with Crippen molar-refractivity contribution >= 4 is 28.2 Å². The fraction of sp³-hybridized carbons (Fsp3) is 0.148. The Balaban J connectivity index is 1.43. The molecule has 0 N–H and O–H groups in total. The van der Waals surface area contributed by atoms with Crippen LogP contribution in [0.25, 0.3) is 10.8 Å². The molecule has 0 radical (unpaired) electrons. The number of nitrogens with zero attached hydrogens (tertiary/aromatic N) is 4. The highest BCUT2D eigenvalue weighted by Gasteiger charge is 2.33. The average Bonchev–Trinajstić information content (AvgIpc) is 3.34. The molecule has 0 unspecified atom stereocenters. The van der Waals surface area contributed by atoms with Gasteiger partial charge in [-0.1, -0.05) is 66.7 Å². The van der Waals surface area contributed by atoms with Gasteiger partial charge in [0.2, 0.25) is 5.75 Å². The molecule has 1 atom stereocenters. The van der Waals surface area contributed by atoms with E-state index in [0.717, 1.165) is 27.6 Å². The summed E-state index contributed by atoms with van der Waals surface area (Å²) >= 11 is 0. The molecule has 8 heteroatoms. The van der Waals surface area contributed by atoms with Crippen LogP contribution in [0.2, 0.25) is 0 Å². The molecule has 35 heavy (non-hydrogen) atoms. The molecule has 1 amide bonds. The van der Waals surface area contributed by atoms with Crippen LogP contribution in [-0.4, -0.2) is 33.1 Å². The Labute approximate surface area is 201 Å². The topological polar surface area (TPSA) is 97.9 Å². The number of aromatic nitrogens is 1. The number of benzene rings is 3. The van der Waals surface area contributed by atoms with E-state index in [1.807, 2.05) is 60.7 Å². The molecular formula is C27H22N4O4. The van der Waals surface area contributed by atoms with E-state index in [-0.39, 0.29) is 11.8 Å². The summed E-state index contributed by atoms with van der Waals surface area (Å²) in [6.07, 6.45) is 0.542. The molecule has 3 aromatic carbocycles. The summed E-state index contributed by atoms with van der Waals surface area (Å²) in [6.45, 7) is 1.25. The first-order chi connectivity index (χ1) is 17.0. The normalized spacial score (nSPS) is 15.2. The van der Waals surface area contributed by atoms with Crippen LogP contribution in [-0.2, 0) is 4.79 Å². The number of carbonyl (C=O) groups excluding carboxylic acids is 1. The molecule has 0 bridgehead atoms. The fourth-order valence-electron chi connectivity index (χ4n) is 4.20. The average molecular weight is 466 g/mol. The molecule has 1 aliphatic rings. The molecule has 4 aromatic rings. The number of carbonyl (C=O) groups is 1. The van der Waals surface area contributed by atoms with E-state index in [2.05, 4.69) is 22.2 Å². The van der Waals surface area contributed by atoms with E-state index >= 15 is 0 Å². The molecule has 0 fully saturated rings. The maximum absolute atomic E-state index is 13.2. The Morgan fingerprint density at radius 1 is 1.03 bits per heavy atom. The van der Waals surface area contributed by atoms with Crippen molar-refractivity contribution in [2.75, 3.05) is 6.61 Å². The number of hydrogen-bond donors (Lipinski definition) is 0. The zero-order valence-electron chi connectivity index (χ0n) is 19.0.